The molecule has 0 spiro atoms. The Morgan fingerprint density at radius 1 is 1.64 bits per heavy atom. The molecule has 14 heavy (non-hydrogen) atoms. The fraction of sp³-hybridized carbons (Fsp3) is 0.250. The van der Waals surface area contributed by atoms with Crippen molar-refractivity contribution in [1.82, 2.24) is 4.98 Å². The zero-order chi connectivity index (χ0) is 10.7. The third-order valence-corrected chi connectivity index (χ3v) is 1.62. The fourth-order valence-electron chi connectivity index (χ4n) is 0.979. The molecule has 0 aliphatic carbocycles. The molecule has 1 aromatic heterocycles. The van der Waals surface area contributed by atoms with Crippen molar-refractivity contribution in [2.24, 2.45) is 0 Å². The lowest BCUT2D eigenvalue weighted by atomic mass is 10.2. The van der Waals surface area contributed by atoms with Gasteiger partial charge in [-0.3, -0.25) is 4.79 Å². The lowest BCUT2D eigenvalue weighted by Gasteiger charge is -2.05. The number of ether oxygens (including phenoxy) is 1. The van der Waals surface area contributed by atoms with Crippen LogP contribution in [0.3, 0.4) is 0 Å². The summed E-state index contributed by atoms with van der Waals surface area (Å²) in [6.45, 7) is 0. The Hall–Kier alpha value is -1.90. The van der Waals surface area contributed by atoms with Crippen LogP contribution in [0.5, 0.6) is 5.88 Å². The van der Waals surface area contributed by atoms with Crippen molar-refractivity contribution in [3.63, 3.8) is 0 Å². The van der Waals surface area contributed by atoms with Gasteiger partial charge in [-0.15, -0.1) is 0 Å². The molecule has 0 saturated heterocycles. The Kier molecular flexibility index (Phi) is 2.82. The van der Waals surface area contributed by atoms with Crippen LogP contribution in [0.1, 0.15) is 17.6 Å². The summed E-state index contributed by atoms with van der Waals surface area (Å²) in [7, 11) is 1.16. The van der Waals surface area contributed by atoms with Crippen molar-refractivity contribution in [3.8, 4) is 11.9 Å². The molecule has 0 amide bonds. The third kappa shape index (κ3) is 1.57. The number of alkyl halides is 2. The second kappa shape index (κ2) is 3.87. The van der Waals surface area contributed by atoms with Crippen LogP contribution >= 0.6 is 0 Å². The van der Waals surface area contributed by atoms with Gasteiger partial charge in [0.25, 0.3) is 6.43 Å². The molecule has 0 aromatic carbocycles. The number of rotatable bonds is 2. The first-order chi connectivity index (χ1) is 6.61. The molecule has 1 aromatic rings. The molecule has 1 heterocycles. The highest BCUT2D eigenvalue weighted by Crippen LogP contribution is 2.23. The van der Waals surface area contributed by atoms with Crippen molar-refractivity contribution in [2.45, 2.75) is 6.43 Å². The average Bonchev–Trinajstić information content (AvgIpc) is 2.16. The van der Waals surface area contributed by atoms with E-state index in [9.17, 15) is 13.6 Å². The summed E-state index contributed by atoms with van der Waals surface area (Å²) < 4.78 is 29.3. The van der Waals surface area contributed by atoms with E-state index < -0.39 is 17.4 Å². The van der Waals surface area contributed by atoms with Crippen LogP contribution in [0.2, 0.25) is 0 Å². The lowest BCUT2D eigenvalue weighted by Crippen LogP contribution is -2.15. The van der Waals surface area contributed by atoms with Crippen LogP contribution < -0.4 is 10.2 Å². The Balaban J connectivity index is 3.49. The first-order valence-corrected chi connectivity index (χ1v) is 3.59. The molecule has 6 heteroatoms. The number of nitrogens with zero attached hydrogens (tertiary/aromatic N) is 1. The number of pyridine rings is 1. The van der Waals surface area contributed by atoms with Crippen molar-refractivity contribution in [2.75, 3.05) is 7.11 Å². The molecule has 0 aliphatic rings. The zero-order valence-corrected chi connectivity index (χ0v) is 7.17. The molecule has 1 rings (SSSR count). The standard InChI is InChI=1S/C8H6F2N2O2/c1-14-8-5(7(9)10)6(13)4(2-11)3-12-8/h3,7H,1H3,(H,12,13). The quantitative estimate of drug-likeness (QED) is 0.779. The van der Waals surface area contributed by atoms with E-state index in [1.807, 2.05) is 0 Å². The van der Waals surface area contributed by atoms with Gasteiger partial charge in [-0.1, -0.05) is 0 Å². The first-order valence-electron chi connectivity index (χ1n) is 3.59. The van der Waals surface area contributed by atoms with Crippen molar-refractivity contribution >= 4 is 0 Å². The van der Waals surface area contributed by atoms with Gasteiger partial charge in [0.2, 0.25) is 11.3 Å². The molecule has 4 nitrogen and oxygen atoms in total. The maximum absolute atomic E-state index is 12.4. The van der Waals surface area contributed by atoms with E-state index in [2.05, 4.69) is 9.72 Å². The smallest absolute Gasteiger partial charge is 0.272 e. The van der Waals surface area contributed by atoms with Crippen molar-refractivity contribution in [1.29, 1.82) is 5.26 Å². The predicted molar refractivity (Wildman–Crippen MR) is 43.3 cm³/mol. The first kappa shape index (κ1) is 10.2. The zero-order valence-electron chi connectivity index (χ0n) is 7.17. The second-order valence-corrected chi connectivity index (χ2v) is 2.39. The highest BCUT2D eigenvalue weighted by Gasteiger charge is 2.20. The minimum absolute atomic E-state index is 0.316. The average molecular weight is 200 g/mol. The maximum atomic E-state index is 12.4. The highest BCUT2D eigenvalue weighted by atomic mass is 19.3. The molecule has 0 atom stereocenters. The van der Waals surface area contributed by atoms with Gasteiger partial charge in [0.05, 0.1) is 7.11 Å². The molecular formula is C8H6F2N2O2. The van der Waals surface area contributed by atoms with Crippen LogP contribution in [0, 0.1) is 11.3 Å². The number of H-pyrrole nitrogens is 1. The summed E-state index contributed by atoms with van der Waals surface area (Å²) in [5.41, 5.74) is -2.18. The van der Waals surface area contributed by atoms with Gasteiger partial charge in [-0.05, 0) is 0 Å². The predicted octanol–water partition coefficient (Wildman–Crippen LogP) is 1.19. The van der Waals surface area contributed by atoms with E-state index >= 15 is 0 Å². The summed E-state index contributed by atoms with van der Waals surface area (Å²) in [6, 6.07) is 1.51. The molecule has 74 valence electrons. The largest absolute Gasteiger partial charge is 0.482 e. The van der Waals surface area contributed by atoms with E-state index in [0.717, 1.165) is 13.3 Å². The van der Waals surface area contributed by atoms with Crippen LogP contribution in [0.4, 0.5) is 8.78 Å². The molecule has 0 unspecified atom stereocenters. The van der Waals surface area contributed by atoms with Crippen LogP contribution in [-0.4, -0.2) is 12.1 Å². The Morgan fingerprint density at radius 2 is 2.29 bits per heavy atom. The summed E-state index contributed by atoms with van der Waals surface area (Å²) >= 11 is 0. The number of aromatic amines is 1. The van der Waals surface area contributed by atoms with Crippen LogP contribution in [0.15, 0.2) is 11.0 Å². The van der Waals surface area contributed by atoms with Gasteiger partial charge < -0.3 is 9.72 Å². The van der Waals surface area contributed by atoms with Gasteiger partial charge in [0.15, 0.2) is 0 Å². The van der Waals surface area contributed by atoms with E-state index in [1.54, 1.807) is 0 Å². The summed E-state index contributed by atoms with van der Waals surface area (Å²) in [5, 5.41) is 8.43. The minimum atomic E-state index is -2.97. The topological polar surface area (TPSA) is 65.9 Å². The molecule has 0 saturated carbocycles. The van der Waals surface area contributed by atoms with E-state index in [-0.39, 0.29) is 11.4 Å². The Bertz CT molecular complexity index is 434. The van der Waals surface area contributed by atoms with Gasteiger partial charge in [0.1, 0.15) is 17.2 Å². The number of hydrogen-bond donors (Lipinski definition) is 1. The highest BCUT2D eigenvalue weighted by molar-refractivity contribution is 5.36. The van der Waals surface area contributed by atoms with Crippen LogP contribution in [-0.2, 0) is 0 Å². The summed E-state index contributed by atoms with van der Waals surface area (Å²) in [4.78, 5) is 13.5. The third-order valence-electron chi connectivity index (χ3n) is 1.62. The van der Waals surface area contributed by atoms with Crippen molar-refractivity contribution in [3.05, 3.63) is 27.5 Å². The molecule has 0 fully saturated rings. The SMILES string of the molecule is COc1[nH]cc(C#N)c(=O)c1C(F)F. The number of halogens is 2. The minimum Gasteiger partial charge on any atom is -0.482 e. The molecular weight excluding hydrogens is 194 g/mol. The monoisotopic (exact) mass is 200 g/mol. The number of methoxy groups -OCH3 is 1. The number of hydrogen-bond acceptors (Lipinski definition) is 3. The van der Waals surface area contributed by atoms with Gasteiger partial charge in [-0.2, -0.15) is 5.26 Å². The van der Waals surface area contributed by atoms with E-state index in [1.165, 1.54) is 6.07 Å². The van der Waals surface area contributed by atoms with E-state index in [4.69, 9.17) is 5.26 Å². The summed E-state index contributed by atoms with van der Waals surface area (Å²) in [6.07, 6.45) is -1.94. The van der Waals surface area contributed by atoms with Gasteiger partial charge in [-0.25, -0.2) is 8.78 Å². The molecule has 0 aliphatic heterocycles. The Labute approximate surface area is 77.7 Å². The molecule has 0 bridgehead atoms. The number of nitriles is 1. The van der Waals surface area contributed by atoms with Crippen LogP contribution in [0.25, 0.3) is 0 Å². The number of nitrogens with one attached hydrogen (secondary N) is 1. The summed E-state index contributed by atoms with van der Waals surface area (Å²) in [5.74, 6) is -0.316. The lowest BCUT2D eigenvalue weighted by molar-refractivity contribution is 0.144. The number of aromatic nitrogens is 1. The Morgan fingerprint density at radius 3 is 2.71 bits per heavy atom. The maximum Gasteiger partial charge on any atom is 0.272 e. The molecule has 0 radical (unpaired) electrons. The second-order valence-electron chi connectivity index (χ2n) is 2.39. The van der Waals surface area contributed by atoms with Gasteiger partial charge >= 0.3 is 0 Å². The fourth-order valence-corrected chi connectivity index (χ4v) is 0.979. The van der Waals surface area contributed by atoms with E-state index in [0.29, 0.717) is 0 Å². The van der Waals surface area contributed by atoms with Crippen molar-refractivity contribution < 1.29 is 13.5 Å². The molecule has 1 N–H and O–H groups in total. The van der Waals surface area contributed by atoms with Gasteiger partial charge in [0, 0.05) is 6.20 Å². The normalized spacial score (nSPS) is 9.93.